The molecule has 1 N–H and O–H groups in total. The zero-order valence-corrected chi connectivity index (χ0v) is 13.6. The molecule has 0 aliphatic carbocycles. The fraction of sp³-hybridized carbons (Fsp3) is 0.538. The summed E-state index contributed by atoms with van der Waals surface area (Å²) in [6.07, 6.45) is 1.04. The van der Waals surface area contributed by atoms with Gasteiger partial charge in [-0.15, -0.1) is 0 Å². The molecule has 1 atom stereocenters. The fourth-order valence-corrected chi connectivity index (χ4v) is 5.02. The van der Waals surface area contributed by atoms with Gasteiger partial charge in [-0.05, 0) is 19.5 Å². The second-order valence-electron chi connectivity index (χ2n) is 5.00. The molecule has 0 heterocycles. The number of rotatable bonds is 7. The van der Waals surface area contributed by atoms with Crippen LogP contribution in [0.4, 0.5) is 0 Å². The lowest BCUT2D eigenvalue weighted by molar-refractivity contribution is 0.572. The molecule has 0 bridgehead atoms. The van der Waals surface area contributed by atoms with Crippen LogP contribution in [0.1, 0.15) is 17.2 Å². The molecule has 20 heavy (non-hydrogen) atoms. The molecule has 0 aromatic heterocycles. The minimum absolute atomic E-state index is 0.109. The van der Waals surface area contributed by atoms with Crippen LogP contribution in [-0.2, 0) is 19.7 Å². The Labute approximate surface area is 121 Å². The Balaban J connectivity index is 2.80. The van der Waals surface area contributed by atoms with Crippen LogP contribution in [0, 0.1) is 6.92 Å². The van der Waals surface area contributed by atoms with Crippen molar-refractivity contribution in [1.82, 2.24) is 5.32 Å². The van der Waals surface area contributed by atoms with Crippen molar-refractivity contribution in [3.8, 4) is 0 Å². The van der Waals surface area contributed by atoms with Crippen molar-refractivity contribution in [2.24, 2.45) is 0 Å². The highest BCUT2D eigenvalue weighted by Crippen LogP contribution is 2.16. The lowest BCUT2D eigenvalue weighted by atomic mass is 10.1. The largest absolute Gasteiger partial charge is 0.312 e. The minimum atomic E-state index is -3.43. The van der Waals surface area contributed by atoms with Crippen LogP contribution < -0.4 is 5.32 Å². The Morgan fingerprint density at radius 2 is 1.60 bits per heavy atom. The molecule has 1 aromatic carbocycles. The van der Waals surface area contributed by atoms with E-state index in [9.17, 15) is 16.8 Å². The van der Waals surface area contributed by atoms with E-state index in [1.807, 2.05) is 31.2 Å². The first kappa shape index (κ1) is 17.1. The van der Waals surface area contributed by atoms with Crippen molar-refractivity contribution in [1.29, 1.82) is 0 Å². The van der Waals surface area contributed by atoms with Crippen molar-refractivity contribution in [3.63, 3.8) is 0 Å². The topological polar surface area (TPSA) is 80.3 Å². The summed E-state index contributed by atoms with van der Waals surface area (Å²) in [4.78, 5) is 0. The summed E-state index contributed by atoms with van der Waals surface area (Å²) in [5.74, 6) is -0.780. The van der Waals surface area contributed by atoms with Gasteiger partial charge in [0.2, 0.25) is 0 Å². The van der Waals surface area contributed by atoms with Gasteiger partial charge in [-0.25, -0.2) is 16.8 Å². The molecule has 0 saturated heterocycles. The molecule has 0 spiro atoms. The molecular formula is C13H21NO4S2. The third kappa shape index (κ3) is 6.02. The Kier molecular flexibility index (Phi) is 5.73. The third-order valence-corrected chi connectivity index (χ3v) is 5.89. The van der Waals surface area contributed by atoms with E-state index in [4.69, 9.17) is 0 Å². The second kappa shape index (κ2) is 6.69. The van der Waals surface area contributed by atoms with Gasteiger partial charge in [0.1, 0.15) is 9.84 Å². The van der Waals surface area contributed by atoms with Gasteiger partial charge < -0.3 is 5.32 Å². The SMILES string of the molecule is CNC(CS(=O)(=O)CCS(C)(=O)=O)c1ccc(C)cc1. The summed E-state index contributed by atoms with van der Waals surface area (Å²) in [5, 5.41) is 2.96. The molecule has 114 valence electrons. The second-order valence-corrected chi connectivity index (χ2v) is 9.48. The van der Waals surface area contributed by atoms with Crippen molar-refractivity contribution >= 4 is 19.7 Å². The molecular weight excluding hydrogens is 298 g/mol. The van der Waals surface area contributed by atoms with Crippen LogP contribution in [0.3, 0.4) is 0 Å². The summed E-state index contributed by atoms with van der Waals surface area (Å²) < 4.78 is 46.1. The number of benzene rings is 1. The normalized spacial score (nSPS) is 14.2. The van der Waals surface area contributed by atoms with E-state index in [2.05, 4.69) is 5.32 Å². The lowest BCUT2D eigenvalue weighted by Gasteiger charge is -2.17. The van der Waals surface area contributed by atoms with Gasteiger partial charge >= 0.3 is 0 Å². The van der Waals surface area contributed by atoms with Gasteiger partial charge in [-0.3, -0.25) is 0 Å². The van der Waals surface area contributed by atoms with Crippen molar-refractivity contribution in [3.05, 3.63) is 35.4 Å². The van der Waals surface area contributed by atoms with Crippen LogP contribution in [0.2, 0.25) is 0 Å². The van der Waals surface area contributed by atoms with E-state index in [0.717, 1.165) is 17.4 Å². The van der Waals surface area contributed by atoms with Gasteiger partial charge in [-0.2, -0.15) is 0 Å². The molecule has 7 heteroatoms. The van der Waals surface area contributed by atoms with Crippen molar-refractivity contribution < 1.29 is 16.8 Å². The Morgan fingerprint density at radius 1 is 1.05 bits per heavy atom. The van der Waals surface area contributed by atoms with Crippen LogP contribution >= 0.6 is 0 Å². The quantitative estimate of drug-likeness (QED) is 0.801. The highest BCUT2D eigenvalue weighted by atomic mass is 32.2. The fourth-order valence-electron chi connectivity index (χ4n) is 1.76. The third-order valence-electron chi connectivity index (χ3n) is 3.01. The van der Waals surface area contributed by atoms with Crippen LogP contribution in [0.15, 0.2) is 24.3 Å². The van der Waals surface area contributed by atoms with E-state index in [0.29, 0.717) is 0 Å². The van der Waals surface area contributed by atoms with E-state index in [-0.39, 0.29) is 23.3 Å². The summed E-state index contributed by atoms with van der Waals surface area (Å²) in [5.41, 5.74) is 1.98. The van der Waals surface area contributed by atoms with E-state index < -0.39 is 19.7 Å². The molecule has 1 unspecified atom stereocenters. The first-order chi connectivity index (χ1) is 9.13. The Morgan fingerprint density at radius 3 is 2.05 bits per heavy atom. The minimum Gasteiger partial charge on any atom is -0.312 e. The van der Waals surface area contributed by atoms with Crippen LogP contribution in [-0.4, -0.2) is 47.4 Å². The molecule has 0 radical (unpaired) electrons. The first-order valence-corrected chi connectivity index (χ1v) is 10.1. The lowest BCUT2D eigenvalue weighted by Crippen LogP contribution is -2.28. The van der Waals surface area contributed by atoms with Gasteiger partial charge in [0.25, 0.3) is 0 Å². The molecule has 0 saturated carbocycles. The standard InChI is InChI=1S/C13H21NO4S2/c1-11-4-6-12(7-5-11)13(14-2)10-20(17,18)9-8-19(3,15)16/h4-7,13-14H,8-10H2,1-3H3. The molecule has 5 nitrogen and oxygen atoms in total. The predicted octanol–water partition coefficient (Wildman–Crippen LogP) is 0.715. The summed E-state index contributed by atoms with van der Waals surface area (Å²) in [6.45, 7) is 1.96. The predicted molar refractivity (Wildman–Crippen MR) is 81.3 cm³/mol. The van der Waals surface area contributed by atoms with Gasteiger partial charge in [0.15, 0.2) is 9.84 Å². The van der Waals surface area contributed by atoms with Gasteiger partial charge in [-0.1, -0.05) is 29.8 Å². The van der Waals surface area contributed by atoms with Crippen LogP contribution in [0.5, 0.6) is 0 Å². The van der Waals surface area contributed by atoms with E-state index in [1.54, 1.807) is 7.05 Å². The number of aryl methyl sites for hydroxylation is 1. The summed E-state index contributed by atoms with van der Waals surface area (Å²) in [7, 11) is -5.00. The molecule has 0 amide bonds. The maximum Gasteiger partial charge on any atom is 0.153 e. The number of nitrogens with one attached hydrogen (secondary N) is 1. The zero-order valence-electron chi connectivity index (χ0n) is 12.0. The Bertz CT molecular complexity index is 633. The number of hydrogen-bond donors (Lipinski definition) is 1. The number of sulfone groups is 2. The smallest absolute Gasteiger partial charge is 0.153 e. The monoisotopic (exact) mass is 319 g/mol. The summed E-state index contributed by atoms with van der Waals surface area (Å²) >= 11 is 0. The maximum atomic E-state index is 12.0. The zero-order chi connectivity index (χ0) is 15.4. The van der Waals surface area contributed by atoms with Gasteiger partial charge in [0.05, 0.1) is 17.3 Å². The maximum absolute atomic E-state index is 12.0. The Hall–Kier alpha value is -0.920. The van der Waals surface area contributed by atoms with E-state index in [1.165, 1.54) is 0 Å². The van der Waals surface area contributed by atoms with Crippen molar-refractivity contribution in [2.45, 2.75) is 13.0 Å². The molecule has 0 aliphatic rings. The summed E-state index contributed by atoms with van der Waals surface area (Å²) in [6, 6.07) is 7.26. The molecule has 0 aliphatic heterocycles. The number of hydrogen-bond acceptors (Lipinski definition) is 5. The van der Waals surface area contributed by atoms with Crippen molar-refractivity contribution in [2.75, 3.05) is 30.6 Å². The highest BCUT2D eigenvalue weighted by molar-refractivity contribution is 7.94. The van der Waals surface area contributed by atoms with E-state index >= 15 is 0 Å². The average molecular weight is 319 g/mol. The average Bonchev–Trinajstić information content (AvgIpc) is 2.34. The molecule has 0 fully saturated rings. The van der Waals surface area contributed by atoms with Gasteiger partial charge in [0, 0.05) is 12.3 Å². The molecule has 1 aromatic rings. The van der Waals surface area contributed by atoms with Crippen LogP contribution in [0.25, 0.3) is 0 Å². The highest BCUT2D eigenvalue weighted by Gasteiger charge is 2.21. The first-order valence-electron chi connectivity index (χ1n) is 6.25. The molecule has 1 rings (SSSR count).